The van der Waals surface area contributed by atoms with Crippen LogP contribution in [0.3, 0.4) is 0 Å². The molecule has 0 aliphatic heterocycles. The van der Waals surface area contributed by atoms with Gasteiger partial charge in [0.25, 0.3) is 0 Å². The standard InChI is InChI=1S/C23H24O7/c1-15(17-5-3-2-4-6-17)22(28)18-10-7-16(8-11-18)9-12-21(27)30-14-20(26)23(29)19(25)13-24/h2-12,19-20,23-26,29H,1,13-14H2/t19-,20+,23+/m0/s1. The lowest BCUT2D eigenvalue weighted by atomic mass is 9.97. The number of hydrogen-bond donors (Lipinski definition) is 4. The minimum atomic E-state index is -1.64. The van der Waals surface area contributed by atoms with Crippen LogP contribution in [-0.2, 0) is 9.53 Å². The molecule has 0 bridgehead atoms. The Labute approximate surface area is 174 Å². The third-order valence-electron chi connectivity index (χ3n) is 4.35. The Hall–Kier alpha value is -3.10. The molecule has 0 aromatic heterocycles. The van der Waals surface area contributed by atoms with E-state index in [2.05, 4.69) is 6.58 Å². The average Bonchev–Trinajstić information content (AvgIpc) is 2.80. The van der Waals surface area contributed by atoms with Crippen molar-refractivity contribution < 1.29 is 34.8 Å². The molecule has 2 aromatic carbocycles. The van der Waals surface area contributed by atoms with E-state index >= 15 is 0 Å². The second-order valence-electron chi connectivity index (χ2n) is 6.57. The quantitative estimate of drug-likeness (QED) is 0.263. The number of ether oxygens (including phenoxy) is 1. The van der Waals surface area contributed by atoms with Crippen LogP contribution in [0, 0.1) is 0 Å². The molecule has 4 N–H and O–H groups in total. The lowest BCUT2D eigenvalue weighted by Gasteiger charge is -2.20. The van der Waals surface area contributed by atoms with Crippen molar-refractivity contribution in [3.8, 4) is 0 Å². The summed E-state index contributed by atoms with van der Waals surface area (Å²) in [6.45, 7) is 2.58. The number of aliphatic hydroxyl groups is 4. The van der Waals surface area contributed by atoms with Crippen LogP contribution in [0.25, 0.3) is 11.6 Å². The zero-order chi connectivity index (χ0) is 22.1. The van der Waals surface area contributed by atoms with Crippen molar-refractivity contribution in [2.24, 2.45) is 0 Å². The van der Waals surface area contributed by atoms with Crippen molar-refractivity contribution in [3.05, 3.63) is 83.9 Å². The number of benzene rings is 2. The van der Waals surface area contributed by atoms with E-state index in [1.165, 1.54) is 6.08 Å². The van der Waals surface area contributed by atoms with Crippen molar-refractivity contribution in [2.75, 3.05) is 13.2 Å². The van der Waals surface area contributed by atoms with Crippen LogP contribution >= 0.6 is 0 Å². The summed E-state index contributed by atoms with van der Waals surface area (Å²) in [5.41, 5.74) is 2.23. The summed E-state index contributed by atoms with van der Waals surface area (Å²) in [5, 5.41) is 37.0. The van der Waals surface area contributed by atoms with Crippen LogP contribution in [0.5, 0.6) is 0 Å². The fraction of sp³-hybridized carbons (Fsp3) is 0.217. The molecule has 3 atom stereocenters. The van der Waals surface area contributed by atoms with Gasteiger partial charge in [-0.3, -0.25) is 4.79 Å². The van der Waals surface area contributed by atoms with Crippen LogP contribution in [-0.4, -0.2) is 63.7 Å². The van der Waals surface area contributed by atoms with Crippen LogP contribution in [0.15, 0.2) is 67.3 Å². The normalized spacial score (nSPS) is 14.1. The summed E-state index contributed by atoms with van der Waals surface area (Å²) in [6.07, 6.45) is -2.11. The topological polar surface area (TPSA) is 124 Å². The number of allylic oxidation sites excluding steroid dienone is 1. The van der Waals surface area contributed by atoms with Crippen LogP contribution < -0.4 is 0 Å². The molecule has 0 spiro atoms. The number of rotatable bonds is 10. The molecule has 158 valence electrons. The Bertz CT molecular complexity index is 888. The highest BCUT2D eigenvalue weighted by Gasteiger charge is 2.24. The van der Waals surface area contributed by atoms with Gasteiger partial charge in [-0.15, -0.1) is 0 Å². The van der Waals surface area contributed by atoms with E-state index < -0.39 is 37.5 Å². The van der Waals surface area contributed by atoms with Gasteiger partial charge in [-0.1, -0.05) is 61.2 Å². The molecule has 0 aliphatic rings. The number of hydrogen-bond acceptors (Lipinski definition) is 7. The highest BCUT2D eigenvalue weighted by atomic mass is 16.5. The van der Waals surface area contributed by atoms with Gasteiger partial charge in [-0.25, -0.2) is 4.79 Å². The maximum Gasteiger partial charge on any atom is 0.330 e. The highest BCUT2D eigenvalue weighted by molar-refractivity contribution is 6.28. The Morgan fingerprint density at radius 1 is 0.933 bits per heavy atom. The van der Waals surface area contributed by atoms with Gasteiger partial charge in [0.15, 0.2) is 5.78 Å². The summed E-state index contributed by atoms with van der Waals surface area (Å²) >= 11 is 0. The SMILES string of the molecule is C=C(C(=O)c1ccc(C=CC(=O)OC[C@@H](O)[C@H](O)[C@@H](O)CO)cc1)c1ccccc1. The molecule has 0 radical (unpaired) electrons. The number of Topliss-reactive ketones (excluding diaryl/α,β-unsaturated/α-hetero) is 1. The third-order valence-corrected chi connectivity index (χ3v) is 4.35. The highest BCUT2D eigenvalue weighted by Crippen LogP contribution is 2.18. The van der Waals surface area contributed by atoms with E-state index in [0.29, 0.717) is 16.7 Å². The second-order valence-corrected chi connectivity index (χ2v) is 6.57. The first kappa shape index (κ1) is 23.2. The molecule has 2 aromatic rings. The molecule has 0 aliphatic carbocycles. The lowest BCUT2D eigenvalue weighted by Crippen LogP contribution is -2.42. The molecule has 30 heavy (non-hydrogen) atoms. The van der Waals surface area contributed by atoms with Crippen LogP contribution in [0.2, 0.25) is 0 Å². The molecular formula is C23H24O7. The number of carbonyl (C=O) groups excluding carboxylic acids is 2. The summed E-state index contributed by atoms with van der Waals surface area (Å²) in [4.78, 5) is 24.3. The van der Waals surface area contributed by atoms with Crippen molar-refractivity contribution >= 4 is 23.4 Å². The molecule has 0 heterocycles. The van der Waals surface area contributed by atoms with Crippen LogP contribution in [0.4, 0.5) is 0 Å². The van der Waals surface area contributed by atoms with Gasteiger partial charge in [0.2, 0.25) is 0 Å². The van der Waals surface area contributed by atoms with Crippen molar-refractivity contribution in [1.82, 2.24) is 0 Å². The van der Waals surface area contributed by atoms with E-state index in [4.69, 9.17) is 9.84 Å². The summed E-state index contributed by atoms with van der Waals surface area (Å²) in [5.74, 6) is -0.967. The first-order valence-electron chi connectivity index (χ1n) is 9.22. The van der Waals surface area contributed by atoms with Crippen molar-refractivity contribution in [3.63, 3.8) is 0 Å². The van der Waals surface area contributed by atoms with E-state index in [-0.39, 0.29) is 5.78 Å². The third kappa shape index (κ3) is 6.47. The van der Waals surface area contributed by atoms with E-state index in [9.17, 15) is 24.9 Å². The summed E-state index contributed by atoms with van der Waals surface area (Å²) in [7, 11) is 0. The minimum absolute atomic E-state index is 0.200. The van der Waals surface area contributed by atoms with Gasteiger partial charge in [0.05, 0.1) is 6.61 Å². The van der Waals surface area contributed by atoms with Crippen molar-refractivity contribution in [1.29, 1.82) is 0 Å². The molecule has 7 heteroatoms. The van der Waals surface area contributed by atoms with Gasteiger partial charge < -0.3 is 25.2 Å². The maximum atomic E-state index is 12.5. The van der Waals surface area contributed by atoms with Crippen molar-refractivity contribution in [2.45, 2.75) is 18.3 Å². The predicted octanol–water partition coefficient (Wildman–Crippen LogP) is 1.21. The largest absolute Gasteiger partial charge is 0.460 e. The zero-order valence-corrected chi connectivity index (χ0v) is 16.2. The zero-order valence-electron chi connectivity index (χ0n) is 16.2. The lowest BCUT2D eigenvalue weighted by molar-refractivity contribution is -0.146. The molecule has 0 saturated carbocycles. The smallest absolute Gasteiger partial charge is 0.330 e. The Kier molecular flexibility index (Phi) is 8.64. The van der Waals surface area contributed by atoms with Gasteiger partial charge >= 0.3 is 5.97 Å². The first-order chi connectivity index (χ1) is 14.3. The number of aliphatic hydroxyl groups excluding tert-OH is 4. The van der Waals surface area contributed by atoms with E-state index in [1.807, 2.05) is 30.3 Å². The number of ketones is 1. The van der Waals surface area contributed by atoms with Gasteiger partial charge in [0.1, 0.15) is 24.9 Å². The monoisotopic (exact) mass is 412 g/mol. The minimum Gasteiger partial charge on any atom is -0.460 e. The Balaban J connectivity index is 1.90. The molecule has 2 rings (SSSR count). The van der Waals surface area contributed by atoms with Gasteiger partial charge in [-0.2, -0.15) is 0 Å². The summed E-state index contributed by atoms with van der Waals surface area (Å²) in [6, 6.07) is 15.7. The molecule has 7 nitrogen and oxygen atoms in total. The predicted molar refractivity (Wildman–Crippen MR) is 111 cm³/mol. The molecule has 0 saturated heterocycles. The molecular weight excluding hydrogens is 388 g/mol. The Morgan fingerprint density at radius 3 is 2.17 bits per heavy atom. The van der Waals surface area contributed by atoms with Crippen LogP contribution in [0.1, 0.15) is 21.5 Å². The fourth-order valence-electron chi connectivity index (χ4n) is 2.53. The fourth-order valence-corrected chi connectivity index (χ4v) is 2.53. The number of carbonyl (C=O) groups is 2. The second kappa shape index (κ2) is 11.2. The summed E-state index contributed by atoms with van der Waals surface area (Å²) < 4.78 is 4.79. The van der Waals surface area contributed by atoms with Gasteiger partial charge in [-0.05, 0) is 17.2 Å². The Morgan fingerprint density at radius 2 is 1.57 bits per heavy atom. The molecule has 0 unspecified atom stereocenters. The number of esters is 1. The maximum absolute atomic E-state index is 12.5. The first-order valence-corrected chi connectivity index (χ1v) is 9.22. The van der Waals surface area contributed by atoms with Gasteiger partial charge in [0, 0.05) is 17.2 Å². The average molecular weight is 412 g/mol. The molecule has 0 fully saturated rings. The van der Waals surface area contributed by atoms with E-state index in [1.54, 1.807) is 24.3 Å². The molecule has 0 amide bonds. The van der Waals surface area contributed by atoms with E-state index in [0.717, 1.165) is 11.6 Å².